The van der Waals surface area contributed by atoms with Crippen molar-refractivity contribution in [2.75, 3.05) is 13.1 Å². The summed E-state index contributed by atoms with van der Waals surface area (Å²) >= 11 is 0. The fraction of sp³-hybridized carbons (Fsp3) is 0.263. The van der Waals surface area contributed by atoms with Crippen LogP contribution in [-0.2, 0) is 0 Å². The maximum atomic E-state index is 9.24. The van der Waals surface area contributed by atoms with Gasteiger partial charge < -0.3 is 0 Å². The van der Waals surface area contributed by atoms with Gasteiger partial charge >= 0.3 is 0 Å². The zero-order valence-corrected chi connectivity index (χ0v) is 12.9. The van der Waals surface area contributed by atoms with Gasteiger partial charge in [0.15, 0.2) is 0 Å². The standard InChI is InChI=1S/C19H20N4/c20-14-18(16-8-3-1-4-9-16)22-12-7-13-23-19(15-21)17-10-5-2-6-11-17/h1-6,8-11,18-19,22-23H,7,12-13H2/t18-,19-/m0/s1. The van der Waals surface area contributed by atoms with Crippen LogP contribution in [0.2, 0.25) is 0 Å². The van der Waals surface area contributed by atoms with E-state index in [1.165, 1.54) is 0 Å². The molecule has 0 bridgehead atoms. The number of benzene rings is 2. The van der Waals surface area contributed by atoms with E-state index in [1.54, 1.807) is 0 Å². The highest BCUT2D eigenvalue weighted by Crippen LogP contribution is 2.12. The van der Waals surface area contributed by atoms with Crippen molar-refractivity contribution >= 4 is 0 Å². The number of nitriles is 2. The summed E-state index contributed by atoms with van der Waals surface area (Å²) in [6, 6.07) is 23.3. The van der Waals surface area contributed by atoms with Crippen LogP contribution in [0.15, 0.2) is 60.7 Å². The number of hydrogen-bond donors (Lipinski definition) is 2. The Kier molecular flexibility index (Phi) is 6.81. The van der Waals surface area contributed by atoms with Crippen LogP contribution in [0.25, 0.3) is 0 Å². The Hall–Kier alpha value is -2.66. The molecule has 2 aromatic rings. The molecule has 0 aliphatic carbocycles. The molecule has 116 valence electrons. The van der Waals surface area contributed by atoms with Gasteiger partial charge in [0.05, 0.1) is 12.1 Å². The van der Waals surface area contributed by atoms with E-state index < -0.39 is 0 Å². The lowest BCUT2D eigenvalue weighted by Gasteiger charge is -2.14. The number of nitrogens with one attached hydrogen (secondary N) is 2. The topological polar surface area (TPSA) is 71.6 Å². The van der Waals surface area contributed by atoms with Crippen LogP contribution in [0, 0.1) is 22.7 Å². The van der Waals surface area contributed by atoms with E-state index in [0.717, 1.165) is 17.5 Å². The van der Waals surface area contributed by atoms with E-state index in [9.17, 15) is 10.5 Å². The summed E-state index contributed by atoms with van der Waals surface area (Å²) in [5.41, 5.74) is 1.95. The number of hydrogen-bond acceptors (Lipinski definition) is 4. The summed E-state index contributed by atoms with van der Waals surface area (Å²) in [5, 5.41) is 24.9. The first kappa shape index (κ1) is 16.7. The molecule has 0 heterocycles. The molecule has 0 aromatic heterocycles. The molecule has 0 radical (unpaired) electrons. The molecule has 23 heavy (non-hydrogen) atoms. The first-order valence-electron chi connectivity index (χ1n) is 7.71. The molecular formula is C19H20N4. The summed E-state index contributed by atoms with van der Waals surface area (Å²) < 4.78 is 0. The van der Waals surface area contributed by atoms with Gasteiger partial charge in [0.2, 0.25) is 0 Å². The van der Waals surface area contributed by atoms with Crippen LogP contribution in [0.3, 0.4) is 0 Å². The Morgan fingerprint density at radius 2 is 1.09 bits per heavy atom. The van der Waals surface area contributed by atoms with Crippen LogP contribution in [0.1, 0.15) is 29.6 Å². The van der Waals surface area contributed by atoms with Gasteiger partial charge in [-0.05, 0) is 30.6 Å². The average Bonchev–Trinajstić information content (AvgIpc) is 2.63. The van der Waals surface area contributed by atoms with Crippen LogP contribution in [-0.4, -0.2) is 13.1 Å². The Bertz CT molecular complexity index is 596. The minimum atomic E-state index is -0.294. The van der Waals surface area contributed by atoms with Crippen molar-refractivity contribution in [1.82, 2.24) is 10.6 Å². The molecule has 4 heteroatoms. The lowest BCUT2D eigenvalue weighted by molar-refractivity contribution is 0.551. The molecule has 0 aliphatic heterocycles. The second-order valence-electron chi connectivity index (χ2n) is 5.21. The van der Waals surface area contributed by atoms with Gasteiger partial charge in [0.25, 0.3) is 0 Å². The van der Waals surface area contributed by atoms with Crippen molar-refractivity contribution in [3.8, 4) is 12.1 Å². The highest BCUT2D eigenvalue weighted by atomic mass is 14.9. The van der Waals surface area contributed by atoms with Crippen molar-refractivity contribution in [3.63, 3.8) is 0 Å². The molecule has 0 fully saturated rings. The zero-order chi connectivity index (χ0) is 16.3. The Morgan fingerprint density at radius 3 is 1.43 bits per heavy atom. The van der Waals surface area contributed by atoms with Gasteiger partial charge in [-0.2, -0.15) is 10.5 Å². The van der Waals surface area contributed by atoms with Crippen molar-refractivity contribution in [2.24, 2.45) is 0 Å². The minimum absolute atomic E-state index is 0.294. The largest absolute Gasteiger partial charge is 0.298 e. The highest BCUT2D eigenvalue weighted by Gasteiger charge is 2.10. The van der Waals surface area contributed by atoms with Gasteiger partial charge in [0.1, 0.15) is 12.1 Å². The van der Waals surface area contributed by atoms with Crippen LogP contribution in [0.4, 0.5) is 0 Å². The molecule has 4 nitrogen and oxygen atoms in total. The van der Waals surface area contributed by atoms with Crippen molar-refractivity contribution in [3.05, 3.63) is 71.8 Å². The van der Waals surface area contributed by atoms with Gasteiger partial charge in [-0.3, -0.25) is 10.6 Å². The second kappa shape index (κ2) is 9.38. The molecule has 0 aliphatic rings. The van der Waals surface area contributed by atoms with Crippen LogP contribution >= 0.6 is 0 Å². The molecule has 0 unspecified atom stereocenters. The molecule has 0 amide bonds. The molecule has 0 spiro atoms. The molecular weight excluding hydrogens is 284 g/mol. The summed E-state index contributed by atoms with van der Waals surface area (Å²) in [6.07, 6.45) is 0.843. The maximum Gasteiger partial charge on any atom is 0.121 e. The van der Waals surface area contributed by atoms with Crippen LogP contribution in [0.5, 0.6) is 0 Å². The van der Waals surface area contributed by atoms with Gasteiger partial charge in [-0.1, -0.05) is 60.7 Å². The zero-order valence-electron chi connectivity index (χ0n) is 12.9. The smallest absolute Gasteiger partial charge is 0.121 e. The van der Waals surface area contributed by atoms with E-state index in [1.807, 2.05) is 60.7 Å². The van der Waals surface area contributed by atoms with Crippen molar-refractivity contribution in [1.29, 1.82) is 10.5 Å². The predicted molar refractivity (Wildman–Crippen MR) is 90.2 cm³/mol. The fourth-order valence-electron chi connectivity index (χ4n) is 2.35. The third-order valence-electron chi connectivity index (χ3n) is 3.57. The molecule has 2 aromatic carbocycles. The monoisotopic (exact) mass is 304 g/mol. The molecule has 0 saturated heterocycles. The maximum absolute atomic E-state index is 9.24. The van der Waals surface area contributed by atoms with Gasteiger partial charge in [0, 0.05) is 0 Å². The van der Waals surface area contributed by atoms with E-state index >= 15 is 0 Å². The van der Waals surface area contributed by atoms with E-state index in [0.29, 0.717) is 13.1 Å². The summed E-state index contributed by atoms with van der Waals surface area (Å²) in [4.78, 5) is 0. The van der Waals surface area contributed by atoms with E-state index in [4.69, 9.17) is 0 Å². The van der Waals surface area contributed by atoms with Gasteiger partial charge in [-0.15, -0.1) is 0 Å². The fourth-order valence-corrected chi connectivity index (χ4v) is 2.35. The third kappa shape index (κ3) is 5.23. The summed E-state index contributed by atoms with van der Waals surface area (Å²) in [7, 11) is 0. The van der Waals surface area contributed by atoms with Crippen molar-refractivity contribution < 1.29 is 0 Å². The first-order valence-corrected chi connectivity index (χ1v) is 7.71. The van der Waals surface area contributed by atoms with E-state index in [-0.39, 0.29) is 12.1 Å². The van der Waals surface area contributed by atoms with E-state index in [2.05, 4.69) is 22.8 Å². The predicted octanol–water partition coefficient (Wildman–Crippen LogP) is 3.09. The Morgan fingerprint density at radius 1 is 0.696 bits per heavy atom. The Labute approximate surface area is 137 Å². The number of rotatable bonds is 8. The normalized spacial score (nSPS) is 12.8. The Balaban J connectivity index is 1.73. The lowest BCUT2D eigenvalue weighted by atomic mass is 10.1. The lowest BCUT2D eigenvalue weighted by Crippen LogP contribution is -2.26. The third-order valence-corrected chi connectivity index (χ3v) is 3.57. The molecule has 2 rings (SSSR count). The van der Waals surface area contributed by atoms with Crippen molar-refractivity contribution in [2.45, 2.75) is 18.5 Å². The second-order valence-corrected chi connectivity index (χ2v) is 5.21. The highest BCUT2D eigenvalue weighted by molar-refractivity contribution is 5.24. The quantitative estimate of drug-likeness (QED) is 0.735. The molecule has 2 N–H and O–H groups in total. The molecule has 2 atom stereocenters. The van der Waals surface area contributed by atoms with Gasteiger partial charge in [-0.25, -0.2) is 0 Å². The SMILES string of the molecule is N#C[C@H](NCCCN[C@@H](C#N)c1ccccc1)c1ccccc1. The summed E-state index contributed by atoms with van der Waals surface area (Å²) in [5.74, 6) is 0. The minimum Gasteiger partial charge on any atom is -0.298 e. The molecule has 0 saturated carbocycles. The summed E-state index contributed by atoms with van der Waals surface area (Å²) in [6.45, 7) is 1.43. The first-order chi connectivity index (χ1) is 11.3. The average molecular weight is 304 g/mol. The number of nitrogens with zero attached hydrogens (tertiary/aromatic N) is 2. The van der Waals surface area contributed by atoms with Crippen LogP contribution < -0.4 is 10.6 Å².